The highest BCUT2D eigenvalue weighted by atomic mass is 16.5. The minimum atomic E-state index is -0.878. The van der Waals surface area contributed by atoms with Crippen LogP contribution in [0, 0.1) is 12.3 Å². The third-order valence-electron chi connectivity index (χ3n) is 7.68. The number of piperidine rings is 1. The summed E-state index contributed by atoms with van der Waals surface area (Å²) in [7, 11) is 0. The maximum Gasteiger partial charge on any atom is 0.151 e. The van der Waals surface area contributed by atoms with Gasteiger partial charge in [-0.2, -0.15) is 0 Å². The largest absolute Gasteiger partial charge is 0.382 e. The number of likely N-dealkylation sites (tertiary alicyclic amines) is 1. The summed E-state index contributed by atoms with van der Waals surface area (Å²) in [4.78, 5) is 16.4. The second-order valence-corrected chi connectivity index (χ2v) is 11.1. The molecule has 0 amide bonds. The second kappa shape index (κ2) is 9.98. The molecule has 4 N–H and O–H groups in total. The van der Waals surface area contributed by atoms with Crippen LogP contribution in [0.5, 0.6) is 0 Å². The molecule has 1 aromatic carbocycles. The molecule has 5 heterocycles. The Kier molecular flexibility index (Phi) is 6.51. The van der Waals surface area contributed by atoms with Crippen LogP contribution in [0.3, 0.4) is 0 Å². The zero-order valence-electron chi connectivity index (χ0n) is 22.0. The molecule has 0 saturated carbocycles. The fourth-order valence-electron chi connectivity index (χ4n) is 5.67. The Balaban J connectivity index is 1.26. The summed E-state index contributed by atoms with van der Waals surface area (Å²) in [5.74, 6) is 2.42. The average Bonchev–Trinajstić information content (AvgIpc) is 3.30. The summed E-state index contributed by atoms with van der Waals surface area (Å²) in [6.45, 7) is 9.11. The van der Waals surface area contributed by atoms with E-state index in [4.69, 9.17) is 15.5 Å². The molecule has 0 bridgehead atoms. The fraction of sp³-hybridized carbons (Fsp3) is 0.414. The van der Waals surface area contributed by atoms with Crippen molar-refractivity contribution in [2.75, 3.05) is 43.9 Å². The van der Waals surface area contributed by atoms with E-state index in [-0.39, 0.29) is 5.41 Å². The molecule has 9 nitrogen and oxygen atoms in total. The van der Waals surface area contributed by atoms with Crippen LogP contribution < -0.4 is 11.1 Å². The smallest absolute Gasteiger partial charge is 0.151 e. The van der Waals surface area contributed by atoms with E-state index in [0.29, 0.717) is 17.6 Å². The van der Waals surface area contributed by atoms with E-state index >= 15 is 0 Å². The van der Waals surface area contributed by atoms with Gasteiger partial charge in [0.1, 0.15) is 28.7 Å². The lowest BCUT2D eigenvalue weighted by Gasteiger charge is -2.44. The van der Waals surface area contributed by atoms with Gasteiger partial charge in [-0.3, -0.25) is 4.40 Å². The molecule has 6 rings (SSSR count). The highest BCUT2D eigenvalue weighted by Gasteiger charge is 2.37. The van der Waals surface area contributed by atoms with Crippen molar-refractivity contribution in [3.8, 4) is 11.3 Å². The number of nitrogens with two attached hydrogens (primary N) is 1. The fourth-order valence-corrected chi connectivity index (χ4v) is 5.67. The van der Waals surface area contributed by atoms with Crippen LogP contribution in [-0.2, 0) is 4.74 Å². The molecule has 2 aliphatic heterocycles. The summed E-state index contributed by atoms with van der Waals surface area (Å²) >= 11 is 0. The van der Waals surface area contributed by atoms with Crippen molar-refractivity contribution >= 4 is 17.2 Å². The van der Waals surface area contributed by atoms with Crippen molar-refractivity contribution in [1.82, 2.24) is 24.3 Å². The van der Waals surface area contributed by atoms with E-state index in [1.54, 1.807) is 12.4 Å². The van der Waals surface area contributed by atoms with Crippen LogP contribution in [0.25, 0.3) is 16.8 Å². The zero-order valence-corrected chi connectivity index (χ0v) is 22.0. The number of aliphatic hydroxyl groups is 1. The molecule has 0 aliphatic carbocycles. The molecule has 38 heavy (non-hydrogen) atoms. The number of aromatic nitrogens is 4. The molecular weight excluding hydrogens is 478 g/mol. The van der Waals surface area contributed by atoms with Gasteiger partial charge < -0.3 is 25.8 Å². The predicted molar refractivity (Wildman–Crippen MR) is 148 cm³/mol. The first-order valence-corrected chi connectivity index (χ1v) is 13.3. The van der Waals surface area contributed by atoms with Crippen LogP contribution >= 0.6 is 0 Å². The number of benzene rings is 1. The molecule has 198 valence electrons. The maximum atomic E-state index is 10.7. The second-order valence-electron chi connectivity index (χ2n) is 11.1. The first kappa shape index (κ1) is 24.8. The molecule has 9 heteroatoms. The topological polar surface area (TPSA) is 114 Å². The van der Waals surface area contributed by atoms with Gasteiger partial charge in [0.05, 0.1) is 13.2 Å². The van der Waals surface area contributed by atoms with E-state index in [9.17, 15) is 5.11 Å². The Hall–Kier alpha value is -3.53. The van der Waals surface area contributed by atoms with Crippen molar-refractivity contribution < 1.29 is 9.84 Å². The van der Waals surface area contributed by atoms with Gasteiger partial charge in [-0.15, -0.1) is 0 Å². The molecule has 0 spiro atoms. The van der Waals surface area contributed by atoms with E-state index in [1.165, 1.54) is 0 Å². The van der Waals surface area contributed by atoms with Crippen LogP contribution in [0.4, 0.5) is 11.6 Å². The summed E-state index contributed by atoms with van der Waals surface area (Å²) < 4.78 is 7.60. The van der Waals surface area contributed by atoms with Gasteiger partial charge in [0.25, 0.3) is 0 Å². The standard InChI is InChI=1S/C29H35N7O2/c1-19-5-10-23(32-14-19)33-28(37)21-8-6-20(7-9-21)24-25-26(30)31-11-13-36(25)27(34-24)22-4-3-12-35(15-22)16-29(2)17-38-18-29/h5-11,13-14,22,28,37H,3-4,12,15-18H2,1-2H3,(H2,30,31)(H,32,33). The lowest BCUT2D eigenvalue weighted by molar-refractivity contribution is -0.117. The van der Waals surface area contributed by atoms with Crippen LogP contribution in [0.1, 0.15) is 48.9 Å². The number of nitrogens with zero attached hydrogens (tertiary/aromatic N) is 5. The van der Waals surface area contributed by atoms with E-state index in [2.05, 4.69) is 31.5 Å². The third-order valence-corrected chi connectivity index (χ3v) is 7.68. The van der Waals surface area contributed by atoms with Crippen molar-refractivity contribution in [2.45, 2.75) is 38.8 Å². The Morgan fingerprint density at radius 2 is 2.00 bits per heavy atom. The number of rotatable bonds is 7. The Labute approximate surface area is 222 Å². The molecule has 4 aromatic rings. The van der Waals surface area contributed by atoms with E-state index in [0.717, 1.165) is 79.4 Å². The van der Waals surface area contributed by atoms with Gasteiger partial charge in [-0.25, -0.2) is 15.0 Å². The number of aryl methyl sites for hydroxylation is 1. The number of aliphatic hydroxyl groups excluding tert-OH is 1. The number of fused-ring (bicyclic) bond motifs is 1. The third kappa shape index (κ3) is 4.84. The van der Waals surface area contributed by atoms with Gasteiger partial charge in [0, 0.05) is 54.1 Å². The summed E-state index contributed by atoms with van der Waals surface area (Å²) in [6, 6.07) is 11.6. The Bertz CT molecular complexity index is 1410. The van der Waals surface area contributed by atoms with Gasteiger partial charge >= 0.3 is 0 Å². The minimum Gasteiger partial charge on any atom is -0.382 e. The summed E-state index contributed by atoms with van der Waals surface area (Å²) in [5.41, 5.74) is 11.0. The number of imidazole rings is 1. The van der Waals surface area contributed by atoms with E-state index in [1.807, 2.05) is 49.5 Å². The average molecular weight is 514 g/mol. The molecular formula is C29H35N7O2. The normalized spacial score (nSPS) is 20.2. The van der Waals surface area contributed by atoms with Gasteiger partial charge in [-0.05, 0) is 37.9 Å². The van der Waals surface area contributed by atoms with Crippen molar-refractivity contribution in [3.05, 3.63) is 71.9 Å². The first-order chi connectivity index (χ1) is 18.4. The molecule has 2 atom stereocenters. The molecule has 3 aromatic heterocycles. The monoisotopic (exact) mass is 513 g/mol. The lowest BCUT2D eigenvalue weighted by atomic mass is 9.86. The minimum absolute atomic E-state index is 0.257. The number of anilines is 2. The zero-order chi connectivity index (χ0) is 26.3. The number of nitrogens with one attached hydrogen (secondary N) is 1. The molecule has 2 saturated heterocycles. The Morgan fingerprint density at radius 1 is 1.18 bits per heavy atom. The predicted octanol–water partition coefficient (Wildman–Crippen LogP) is 4.00. The van der Waals surface area contributed by atoms with Gasteiger partial charge in [-0.1, -0.05) is 37.3 Å². The molecule has 0 radical (unpaired) electrons. The molecule has 2 unspecified atom stereocenters. The summed E-state index contributed by atoms with van der Waals surface area (Å²) in [5, 5.41) is 13.8. The van der Waals surface area contributed by atoms with Gasteiger partial charge in [0.15, 0.2) is 6.23 Å². The first-order valence-electron chi connectivity index (χ1n) is 13.3. The number of nitrogen functional groups attached to an aromatic ring is 1. The van der Waals surface area contributed by atoms with Crippen molar-refractivity contribution in [2.24, 2.45) is 5.41 Å². The lowest BCUT2D eigenvalue weighted by Crippen LogP contribution is -2.50. The Morgan fingerprint density at radius 3 is 2.71 bits per heavy atom. The number of hydrogen-bond donors (Lipinski definition) is 3. The van der Waals surface area contributed by atoms with Crippen LogP contribution in [0.2, 0.25) is 0 Å². The van der Waals surface area contributed by atoms with Crippen LogP contribution in [-0.4, -0.2) is 62.2 Å². The van der Waals surface area contributed by atoms with Crippen molar-refractivity contribution in [3.63, 3.8) is 0 Å². The van der Waals surface area contributed by atoms with E-state index < -0.39 is 6.23 Å². The number of hydrogen-bond acceptors (Lipinski definition) is 8. The number of ether oxygens (including phenoxy) is 1. The SMILES string of the molecule is Cc1ccc(NC(O)c2ccc(-c3nc(C4CCCN(CC5(C)COC5)C4)n4ccnc(N)c34)cc2)nc1. The molecule has 2 fully saturated rings. The maximum absolute atomic E-state index is 10.7. The number of pyridine rings is 1. The van der Waals surface area contributed by atoms with Crippen LogP contribution in [0.15, 0.2) is 55.0 Å². The van der Waals surface area contributed by atoms with Crippen molar-refractivity contribution in [1.29, 1.82) is 0 Å². The summed E-state index contributed by atoms with van der Waals surface area (Å²) in [6.07, 6.45) is 6.83. The molecule has 2 aliphatic rings. The van der Waals surface area contributed by atoms with Gasteiger partial charge in [0.2, 0.25) is 0 Å². The highest BCUT2D eigenvalue weighted by Crippen LogP contribution is 2.36. The quantitative estimate of drug-likeness (QED) is 0.318. The highest BCUT2D eigenvalue weighted by molar-refractivity contribution is 5.85.